The van der Waals surface area contributed by atoms with E-state index < -0.39 is 5.60 Å². The van der Waals surface area contributed by atoms with Gasteiger partial charge in [0.15, 0.2) is 0 Å². The molecule has 146 valence electrons. The predicted molar refractivity (Wildman–Crippen MR) is 105 cm³/mol. The van der Waals surface area contributed by atoms with Crippen LogP contribution >= 0.6 is 0 Å². The molecule has 5 saturated carbocycles. The quantitative estimate of drug-likeness (QED) is 0.858. The summed E-state index contributed by atoms with van der Waals surface area (Å²) < 4.78 is 1.95. The van der Waals surface area contributed by atoms with Gasteiger partial charge in [-0.3, -0.25) is 4.79 Å². The van der Waals surface area contributed by atoms with Crippen molar-refractivity contribution in [2.45, 2.75) is 62.5 Å². The number of carbonyl (C=O) groups is 1. The molecule has 28 heavy (non-hydrogen) atoms. The fraction of sp³-hybridized carbons (Fsp3) is 0.565. The molecule has 0 radical (unpaired) electrons. The molecule has 2 N–H and O–H groups in total. The van der Waals surface area contributed by atoms with Crippen LogP contribution in [0.3, 0.4) is 0 Å². The lowest BCUT2D eigenvalue weighted by atomic mass is 9.52. The van der Waals surface area contributed by atoms with Crippen LogP contribution in [0.15, 0.2) is 36.5 Å². The van der Waals surface area contributed by atoms with Crippen LogP contribution in [0.2, 0.25) is 0 Å². The number of nitrogens with zero attached hydrogens (tertiary/aromatic N) is 2. The fourth-order valence-corrected chi connectivity index (χ4v) is 6.50. The lowest BCUT2D eigenvalue weighted by Gasteiger charge is -2.58. The number of benzene rings is 1. The van der Waals surface area contributed by atoms with Crippen LogP contribution in [0.1, 0.15) is 66.9 Å². The Balaban J connectivity index is 1.28. The zero-order valence-electron chi connectivity index (χ0n) is 16.1. The topological polar surface area (TPSA) is 67.2 Å². The first kappa shape index (κ1) is 16.8. The van der Waals surface area contributed by atoms with Gasteiger partial charge in [0.05, 0.1) is 28.7 Å². The summed E-state index contributed by atoms with van der Waals surface area (Å²) >= 11 is 0. The standard InChI is InChI=1S/C23H27N3O2/c27-22(25-20-16-8-14-9-17(20)12-23(28,10-14)11-16)19-13-24-26(21(19)15-6-7-15)18-4-2-1-3-5-18/h1-5,13-17,20,28H,6-12H2,(H,25,27). The predicted octanol–water partition coefficient (Wildman–Crippen LogP) is 3.42. The zero-order valence-corrected chi connectivity index (χ0v) is 16.1. The smallest absolute Gasteiger partial charge is 0.255 e. The van der Waals surface area contributed by atoms with Crippen molar-refractivity contribution in [3.63, 3.8) is 0 Å². The van der Waals surface area contributed by atoms with Crippen LogP contribution in [0.25, 0.3) is 5.69 Å². The first-order chi connectivity index (χ1) is 13.6. The van der Waals surface area contributed by atoms with E-state index in [4.69, 9.17) is 0 Å². The summed E-state index contributed by atoms with van der Waals surface area (Å²) in [4.78, 5) is 13.3. The molecule has 1 amide bonds. The second kappa shape index (κ2) is 5.93. The van der Waals surface area contributed by atoms with Crippen LogP contribution < -0.4 is 5.32 Å². The summed E-state index contributed by atoms with van der Waals surface area (Å²) in [6, 6.07) is 10.3. The van der Waals surface area contributed by atoms with E-state index in [2.05, 4.69) is 10.4 Å². The van der Waals surface area contributed by atoms with Crippen molar-refractivity contribution in [1.29, 1.82) is 0 Å². The number of hydrogen-bond acceptors (Lipinski definition) is 3. The van der Waals surface area contributed by atoms with Crippen molar-refractivity contribution in [3.05, 3.63) is 47.8 Å². The van der Waals surface area contributed by atoms with E-state index >= 15 is 0 Å². The van der Waals surface area contributed by atoms with E-state index in [-0.39, 0.29) is 11.9 Å². The van der Waals surface area contributed by atoms with Crippen molar-refractivity contribution >= 4 is 5.91 Å². The molecule has 1 aromatic heterocycles. The van der Waals surface area contributed by atoms with Crippen LogP contribution in [-0.4, -0.2) is 32.4 Å². The number of amides is 1. The molecule has 0 spiro atoms. The molecule has 5 fully saturated rings. The number of aliphatic hydroxyl groups is 1. The first-order valence-electron chi connectivity index (χ1n) is 10.8. The maximum absolute atomic E-state index is 13.3. The summed E-state index contributed by atoms with van der Waals surface area (Å²) in [6.45, 7) is 0. The monoisotopic (exact) mass is 377 g/mol. The number of carbonyl (C=O) groups excluding carboxylic acids is 1. The molecule has 1 heterocycles. The lowest BCUT2D eigenvalue weighted by Crippen LogP contribution is -2.61. The molecule has 4 bridgehead atoms. The molecule has 0 saturated heterocycles. The van der Waals surface area contributed by atoms with E-state index in [0.717, 1.165) is 61.9 Å². The number of rotatable bonds is 4. The molecule has 5 aliphatic carbocycles. The van der Waals surface area contributed by atoms with Crippen molar-refractivity contribution in [1.82, 2.24) is 15.1 Å². The minimum absolute atomic E-state index is 0.0218. The Morgan fingerprint density at radius 3 is 2.46 bits per heavy atom. The van der Waals surface area contributed by atoms with Crippen LogP contribution in [-0.2, 0) is 0 Å². The van der Waals surface area contributed by atoms with Gasteiger partial charge in [0, 0.05) is 12.0 Å². The molecule has 5 heteroatoms. The molecular formula is C23H27N3O2. The number of para-hydroxylation sites is 1. The molecule has 5 nitrogen and oxygen atoms in total. The Kier molecular flexibility index (Phi) is 3.55. The van der Waals surface area contributed by atoms with E-state index in [9.17, 15) is 9.90 Å². The van der Waals surface area contributed by atoms with Crippen molar-refractivity contribution in [3.8, 4) is 5.69 Å². The third-order valence-corrected chi connectivity index (χ3v) is 7.55. The zero-order chi connectivity index (χ0) is 18.9. The van der Waals surface area contributed by atoms with Crippen LogP contribution in [0, 0.1) is 17.8 Å². The number of nitrogens with one attached hydrogen (secondary N) is 1. The largest absolute Gasteiger partial charge is 0.390 e. The first-order valence-corrected chi connectivity index (χ1v) is 10.8. The number of aromatic nitrogens is 2. The van der Waals surface area contributed by atoms with Gasteiger partial charge in [-0.05, 0) is 74.8 Å². The maximum atomic E-state index is 13.3. The normalized spacial score (nSPS) is 35.9. The molecule has 2 aromatic rings. The van der Waals surface area contributed by atoms with Crippen LogP contribution in [0.5, 0.6) is 0 Å². The molecule has 7 rings (SSSR count). The highest BCUT2D eigenvalue weighted by molar-refractivity contribution is 5.95. The average molecular weight is 377 g/mol. The average Bonchev–Trinajstić information content (AvgIpc) is 3.41. The Bertz CT molecular complexity index is 901. The van der Waals surface area contributed by atoms with E-state index in [1.54, 1.807) is 6.20 Å². The highest BCUT2D eigenvalue weighted by Gasteiger charge is 2.55. The lowest BCUT2D eigenvalue weighted by molar-refractivity contribution is -0.136. The summed E-state index contributed by atoms with van der Waals surface area (Å²) in [7, 11) is 0. The van der Waals surface area contributed by atoms with E-state index in [1.807, 2.05) is 35.0 Å². The van der Waals surface area contributed by atoms with Gasteiger partial charge in [-0.25, -0.2) is 4.68 Å². The summed E-state index contributed by atoms with van der Waals surface area (Å²) in [6.07, 6.45) is 8.98. The second-order valence-electron chi connectivity index (χ2n) is 9.66. The van der Waals surface area contributed by atoms with Gasteiger partial charge < -0.3 is 10.4 Å². The van der Waals surface area contributed by atoms with Gasteiger partial charge in [-0.1, -0.05) is 18.2 Å². The fourth-order valence-electron chi connectivity index (χ4n) is 6.50. The van der Waals surface area contributed by atoms with Gasteiger partial charge in [-0.2, -0.15) is 5.10 Å². The number of hydrogen-bond donors (Lipinski definition) is 2. The maximum Gasteiger partial charge on any atom is 0.255 e. The highest BCUT2D eigenvalue weighted by Crippen LogP contribution is 2.55. The Hall–Kier alpha value is -2.14. The minimum atomic E-state index is -0.463. The van der Waals surface area contributed by atoms with Gasteiger partial charge in [0.25, 0.3) is 5.91 Å². The molecule has 0 aliphatic heterocycles. The summed E-state index contributed by atoms with van der Waals surface area (Å²) in [5, 5.41) is 18.8. The molecule has 1 aromatic carbocycles. The molecular weight excluding hydrogens is 350 g/mol. The SMILES string of the molecule is O=C(NC1C2CC3CC1CC(O)(C3)C2)c1cnn(-c2ccccc2)c1C1CC1. The second-order valence-corrected chi connectivity index (χ2v) is 9.66. The highest BCUT2D eigenvalue weighted by atomic mass is 16.3. The minimum Gasteiger partial charge on any atom is -0.390 e. The van der Waals surface area contributed by atoms with E-state index in [1.165, 1.54) is 0 Å². The molecule has 2 atom stereocenters. The summed E-state index contributed by atoms with van der Waals surface area (Å²) in [5.74, 6) is 1.96. The molecule has 5 aliphatic rings. The van der Waals surface area contributed by atoms with Gasteiger partial charge in [-0.15, -0.1) is 0 Å². The third kappa shape index (κ3) is 2.63. The van der Waals surface area contributed by atoms with E-state index in [0.29, 0.717) is 23.7 Å². The Morgan fingerprint density at radius 2 is 1.82 bits per heavy atom. The Morgan fingerprint density at radius 1 is 1.11 bits per heavy atom. The summed E-state index contributed by atoms with van der Waals surface area (Å²) in [5.41, 5.74) is 2.35. The van der Waals surface area contributed by atoms with Gasteiger partial charge in [0.1, 0.15) is 0 Å². The van der Waals surface area contributed by atoms with Crippen molar-refractivity contribution in [2.75, 3.05) is 0 Å². The van der Waals surface area contributed by atoms with Gasteiger partial charge >= 0.3 is 0 Å². The van der Waals surface area contributed by atoms with Crippen molar-refractivity contribution in [2.24, 2.45) is 17.8 Å². The third-order valence-electron chi connectivity index (χ3n) is 7.55. The van der Waals surface area contributed by atoms with Crippen LogP contribution in [0.4, 0.5) is 0 Å². The van der Waals surface area contributed by atoms with Crippen molar-refractivity contribution < 1.29 is 9.90 Å². The molecule has 2 unspecified atom stereocenters. The Labute approximate surface area is 165 Å². The van der Waals surface area contributed by atoms with Gasteiger partial charge in [0.2, 0.25) is 0 Å².